The number of hydrogen-bond acceptors (Lipinski definition) is 3. The fraction of sp³-hybridized carbons (Fsp3) is 0.583. The zero-order chi connectivity index (χ0) is 12.3. The number of likely N-dealkylation sites (N-methyl/N-ethyl adjacent to an activating group) is 1. The van der Waals surface area contributed by atoms with Crippen LogP contribution in [0, 0.1) is 5.92 Å². The highest BCUT2D eigenvalue weighted by atomic mass is 16.4. The zero-order valence-corrected chi connectivity index (χ0v) is 10.2. The number of hydrogen-bond donors (Lipinski definition) is 1. The molecule has 2 atom stereocenters. The second-order valence-electron chi connectivity index (χ2n) is 4.38. The van der Waals surface area contributed by atoms with Gasteiger partial charge in [-0.1, -0.05) is 13.8 Å². The number of carbonyl (C=O) groups is 1. The molecule has 1 aromatic heterocycles. The van der Waals surface area contributed by atoms with E-state index < -0.39 is 12.0 Å². The molecule has 0 aliphatic heterocycles. The Morgan fingerprint density at radius 3 is 2.44 bits per heavy atom. The van der Waals surface area contributed by atoms with Crippen LogP contribution in [0.1, 0.15) is 32.6 Å². The molecule has 1 heterocycles. The molecule has 0 saturated heterocycles. The first-order chi connectivity index (χ1) is 7.45. The van der Waals surface area contributed by atoms with Gasteiger partial charge < -0.3 is 9.52 Å². The van der Waals surface area contributed by atoms with Gasteiger partial charge in [0.25, 0.3) is 0 Å². The van der Waals surface area contributed by atoms with Crippen molar-refractivity contribution in [1.82, 2.24) is 4.90 Å². The van der Waals surface area contributed by atoms with Gasteiger partial charge in [0.15, 0.2) is 0 Å². The second kappa shape index (κ2) is 5.16. The van der Waals surface area contributed by atoms with E-state index in [0.29, 0.717) is 0 Å². The smallest absolute Gasteiger partial charge is 0.321 e. The number of furan rings is 1. The molecule has 2 unspecified atom stereocenters. The first-order valence-electron chi connectivity index (χ1n) is 5.43. The van der Waals surface area contributed by atoms with Crippen molar-refractivity contribution in [3.63, 3.8) is 0 Å². The largest absolute Gasteiger partial charge is 0.480 e. The molecule has 90 valence electrons. The normalized spacial score (nSPS) is 15.4. The van der Waals surface area contributed by atoms with Crippen LogP contribution in [0.15, 0.2) is 22.8 Å². The van der Waals surface area contributed by atoms with Crippen LogP contribution in [0.5, 0.6) is 0 Å². The van der Waals surface area contributed by atoms with Crippen molar-refractivity contribution >= 4 is 5.97 Å². The standard InChI is InChI=1S/C12H19NO3/c1-8(2)11(12(14)15)13(4)9(3)10-6-5-7-16-10/h5-9,11H,1-4H3,(H,14,15). The summed E-state index contributed by atoms with van der Waals surface area (Å²) in [6.45, 7) is 5.76. The first kappa shape index (κ1) is 12.8. The van der Waals surface area contributed by atoms with E-state index >= 15 is 0 Å². The maximum atomic E-state index is 11.2. The van der Waals surface area contributed by atoms with Crippen molar-refractivity contribution in [3.8, 4) is 0 Å². The minimum atomic E-state index is -0.795. The van der Waals surface area contributed by atoms with Gasteiger partial charge in [-0.05, 0) is 32.0 Å². The number of carboxylic acid groups (broad SMARTS) is 1. The highest BCUT2D eigenvalue weighted by Crippen LogP contribution is 2.24. The molecule has 0 radical (unpaired) electrons. The van der Waals surface area contributed by atoms with Gasteiger partial charge in [-0.2, -0.15) is 0 Å². The Kier molecular flexibility index (Phi) is 4.12. The van der Waals surface area contributed by atoms with E-state index in [-0.39, 0.29) is 12.0 Å². The second-order valence-corrected chi connectivity index (χ2v) is 4.38. The van der Waals surface area contributed by atoms with Gasteiger partial charge in [0.2, 0.25) is 0 Å². The Labute approximate surface area is 95.9 Å². The highest BCUT2D eigenvalue weighted by molar-refractivity contribution is 5.73. The molecule has 0 amide bonds. The van der Waals surface area contributed by atoms with E-state index in [2.05, 4.69) is 0 Å². The summed E-state index contributed by atoms with van der Waals surface area (Å²) in [5, 5.41) is 9.19. The Balaban J connectivity index is 2.82. The minimum absolute atomic E-state index is 0.0431. The summed E-state index contributed by atoms with van der Waals surface area (Å²) >= 11 is 0. The van der Waals surface area contributed by atoms with Crippen molar-refractivity contribution < 1.29 is 14.3 Å². The van der Waals surface area contributed by atoms with E-state index in [1.807, 2.05) is 44.9 Å². The Bertz CT molecular complexity index is 332. The molecule has 16 heavy (non-hydrogen) atoms. The number of carboxylic acids is 1. The van der Waals surface area contributed by atoms with Crippen LogP contribution in [0.25, 0.3) is 0 Å². The van der Waals surface area contributed by atoms with Crippen LogP contribution in [0.4, 0.5) is 0 Å². The molecule has 4 heteroatoms. The van der Waals surface area contributed by atoms with Gasteiger partial charge in [0, 0.05) is 0 Å². The van der Waals surface area contributed by atoms with Gasteiger partial charge in [0.1, 0.15) is 11.8 Å². The lowest BCUT2D eigenvalue weighted by atomic mass is 10.0. The maximum Gasteiger partial charge on any atom is 0.321 e. The monoisotopic (exact) mass is 225 g/mol. The van der Waals surface area contributed by atoms with Crippen LogP contribution >= 0.6 is 0 Å². The van der Waals surface area contributed by atoms with Crippen molar-refractivity contribution in [2.75, 3.05) is 7.05 Å². The molecule has 1 aromatic rings. The van der Waals surface area contributed by atoms with Crippen LogP contribution in [-0.4, -0.2) is 29.1 Å². The average molecular weight is 225 g/mol. The van der Waals surface area contributed by atoms with E-state index in [1.165, 1.54) is 0 Å². The summed E-state index contributed by atoms with van der Waals surface area (Å²) in [5.41, 5.74) is 0. The van der Waals surface area contributed by atoms with Crippen molar-refractivity contribution in [1.29, 1.82) is 0 Å². The first-order valence-corrected chi connectivity index (χ1v) is 5.43. The van der Waals surface area contributed by atoms with E-state index in [9.17, 15) is 9.90 Å². The molecule has 0 aliphatic carbocycles. The third-order valence-electron chi connectivity index (χ3n) is 2.89. The predicted octanol–water partition coefficient (Wildman–Crippen LogP) is 2.38. The fourth-order valence-electron chi connectivity index (χ4n) is 1.90. The third kappa shape index (κ3) is 2.64. The van der Waals surface area contributed by atoms with Gasteiger partial charge >= 0.3 is 5.97 Å². The van der Waals surface area contributed by atoms with Gasteiger partial charge in [-0.15, -0.1) is 0 Å². The van der Waals surface area contributed by atoms with Crippen LogP contribution in [0.3, 0.4) is 0 Å². The Morgan fingerprint density at radius 2 is 2.06 bits per heavy atom. The van der Waals surface area contributed by atoms with Gasteiger partial charge in [-0.3, -0.25) is 9.69 Å². The molecule has 0 aliphatic rings. The summed E-state index contributed by atoms with van der Waals surface area (Å²) in [7, 11) is 1.81. The summed E-state index contributed by atoms with van der Waals surface area (Å²) in [5.74, 6) is 0.0465. The lowest BCUT2D eigenvalue weighted by molar-refractivity contribution is -0.145. The highest BCUT2D eigenvalue weighted by Gasteiger charge is 2.30. The number of rotatable bonds is 5. The van der Waals surface area contributed by atoms with E-state index in [4.69, 9.17) is 4.42 Å². The Morgan fingerprint density at radius 1 is 1.44 bits per heavy atom. The Hall–Kier alpha value is -1.29. The molecular weight excluding hydrogens is 206 g/mol. The van der Waals surface area contributed by atoms with Crippen molar-refractivity contribution in [2.45, 2.75) is 32.9 Å². The summed E-state index contributed by atoms with van der Waals surface area (Å²) < 4.78 is 5.29. The number of aliphatic carboxylic acids is 1. The van der Waals surface area contributed by atoms with Gasteiger partial charge in [0.05, 0.1) is 12.3 Å². The zero-order valence-electron chi connectivity index (χ0n) is 10.2. The van der Waals surface area contributed by atoms with Crippen LogP contribution in [0.2, 0.25) is 0 Å². The van der Waals surface area contributed by atoms with E-state index in [1.54, 1.807) is 6.26 Å². The average Bonchev–Trinajstić information content (AvgIpc) is 2.67. The molecule has 0 aromatic carbocycles. The molecule has 0 bridgehead atoms. The molecule has 1 rings (SSSR count). The molecule has 4 nitrogen and oxygen atoms in total. The lowest BCUT2D eigenvalue weighted by Crippen LogP contribution is -2.43. The quantitative estimate of drug-likeness (QED) is 0.836. The topological polar surface area (TPSA) is 53.7 Å². The summed E-state index contributed by atoms with van der Waals surface area (Å²) in [4.78, 5) is 13.0. The molecule has 0 spiro atoms. The molecular formula is C12H19NO3. The molecule has 1 N–H and O–H groups in total. The maximum absolute atomic E-state index is 11.2. The van der Waals surface area contributed by atoms with Crippen LogP contribution in [-0.2, 0) is 4.79 Å². The third-order valence-corrected chi connectivity index (χ3v) is 2.89. The van der Waals surface area contributed by atoms with Gasteiger partial charge in [-0.25, -0.2) is 0 Å². The van der Waals surface area contributed by atoms with E-state index in [0.717, 1.165) is 5.76 Å². The lowest BCUT2D eigenvalue weighted by Gasteiger charge is -2.31. The minimum Gasteiger partial charge on any atom is -0.480 e. The fourth-order valence-corrected chi connectivity index (χ4v) is 1.90. The summed E-state index contributed by atoms with van der Waals surface area (Å²) in [6.07, 6.45) is 1.60. The SMILES string of the molecule is CC(C)C(C(=O)O)N(C)C(C)c1ccco1. The van der Waals surface area contributed by atoms with Crippen molar-refractivity contribution in [2.24, 2.45) is 5.92 Å². The predicted molar refractivity (Wildman–Crippen MR) is 61.1 cm³/mol. The molecule has 0 saturated carbocycles. The van der Waals surface area contributed by atoms with Crippen molar-refractivity contribution in [3.05, 3.63) is 24.2 Å². The van der Waals surface area contributed by atoms with Crippen LogP contribution < -0.4 is 0 Å². The molecule has 0 fully saturated rings. The number of nitrogens with zero attached hydrogens (tertiary/aromatic N) is 1. The summed E-state index contributed by atoms with van der Waals surface area (Å²) in [6, 6.07) is 3.13.